The fourth-order valence-corrected chi connectivity index (χ4v) is 2.66. The number of nitrogens with one attached hydrogen (secondary N) is 1. The van der Waals surface area contributed by atoms with Gasteiger partial charge in [-0.1, -0.05) is 12.1 Å². The van der Waals surface area contributed by atoms with Crippen LogP contribution in [-0.2, 0) is 0 Å². The SMILES string of the molecule is CN1CCC(N(C)c2nc3ccccc3[nH]2)CC1. The lowest BCUT2D eigenvalue weighted by Crippen LogP contribution is -2.42. The van der Waals surface area contributed by atoms with Crippen LogP contribution < -0.4 is 4.90 Å². The highest BCUT2D eigenvalue weighted by Gasteiger charge is 2.22. The van der Waals surface area contributed by atoms with Crippen molar-refractivity contribution in [2.75, 3.05) is 32.1 Å². The zero-order chi connectivity index (χ0) is 12.5. The molecule has 0 unspecified atom stereocenters. The van der Waals surface area contributed by atoms with Crippen molar-refractivity contribution in [3.8, 4) is 0 Å². The largest absolute Gasteiger partial charge is 0.342 e. The van der Waals surface area contributed by atoms with Crippen molar-refractivity contribution >= 4 is 17.0 Å². The van der Waals surface area contributed by atoms with Gasteiger partial charge in [0.2, 0.25) is 5.95 Å². The van der Waals surface area contributed by atoms with Gasteiger partial charge in [0.05, 0.1) is 11.0 Å². The number of fused-ring (bicyclic) bond motifs is 1. The normalized spacial score (nSPS) is 18.3. The summed E-state index contributed by atoms with van der Waals surface area (Å²) in [5.74, 6) is 0.991. The van der Waals surface area contributed by atoms with Gasteiger partial charge in [-0.2, -0.15) is 0 Å². The molecule has 2 aromatic rings. The number of imidazole rings is 1. The van der Waals surface area contributed by atoms with E-state index in [0.29, 0.717) is 6.04 Å². The molecule has 96 valence electrons. The van der Waals surface area contributed by atoms with Gasteiger partial charge in [-0.25, -0.2) is 4.98 Å². The van der Waals surface area contributed by atoms with Gasteiger partial charge in [0.1, 0.15) is 0 Å². The highest BCUT2D eigenvalue weighted by atomic mass is 15.3. The van der Waals surface area contributed by atoms with E-state index in [-0.39, 0.29) is 0 Å². The highest BCUT2D eigenvalue weighted by Crippen LogP contribution is 2.21. The Morgan fingerprint density at radius 2 is 2.00 bits per heavy atom. The third-order valence-corrected chi connectivity index (χ3v) is 3.95. The number of benzene rings is 1. The Balaban J connectivity index is 1.81. The molecule has 4 nitrogen and oxygen atoms in total. The second-order valence-electron chi connectivity index (χ2n) is 5.22. The molecule has 3 rings (SSSR count). The van der Waals surface area contributed by atoms with Crippen LogP contribution in [0.3, 0.4) is 0 Å². The molecule has 0 atom stereocenters. The molecule has 1 aliphatic rings. The van der Waals surface area contributed by atoms with Gasteiger partial charge in [-0.3, -0.25) is 0 Å². The van der Waals surface area contributed by atoms with E-state index in [2.05, 4.69) is 46.0 Å². The van der Waals surface area contributed by atoms with Crippen LogP contribution in [-0.4, -0.2) is 48.1 Å². The van der Waals surface area contributed by atoms with Crippen molar-refractivity contribution < 1.29 is 0 Å². The van der Waals surface area contributed by atoms with Crippen LogP contribution in [0, 0.1) is 0 Å². The maximum atomic E-state index is 4.66. The number of aromatic nitrogens is 2. The van der Waals surface area contributed by atoms with Gasteiger partial charge < -0.3 is 14.8 Å². The molecule has 1 saturated heterocycles. The second-order valence-corrected chi connectivity index (χ2v) is 5.22. The molecule has 1 aromatic carbocycles. The number of anilines is 1. The Kier molecular flexibility index (Phi) is 2.96. The summed E-state index contributed by atoms with van der Waals surface area (Å²) < 4.78 is 0. The first kappa shape index (κ1) is 11.5. The Morgan fingerprint density at radius 3 is 2.72 bits per heavy atom. The number of hydrogen-bond donors (Lipinski definition) is 1. The van der Waals surface area contributed by atoms with Crippen molar-refractivity contribution in [2.24, 2.45) is 0 Å². The van der Waals surface area contributed by atoms with E-state index < -0.39 is 0 Å². The molecule has 1 N–H and O–H groups in total. The van der Waals surface area contributed by atoms with Crippen LogP contribution in [0.15, 0.2) is 24.3 Å². The predicted molar refractivity (Wildman–Crippen MR) is 75.0 cm³/mol. The van der Waals surface area contributed by atoms with Crippen LogP contribution in [0.25, 0.3) is 11.0 Å². The van der Waals surface area contributed by atoms with Crippen LogP contribution in [0.1, 0.15) is 12.8 Å². The molecule has 2 heterocycles. The van der Waals surface area contributed by atoms with E-state index in [1.54, 1.807) is 0 Å². The third-order valence-electron chi connectivity index (χ3n) is 3.95. The molecule has 4 heteroatoms. The monoisotopic (exact) mass is 244 g/mol. The molecule has 1 aromatic heterocycles. The number of piperidine rings is 1. The Bertz CT molecular complexity index is 492. The van der Waals surface area contributed by atoms with Crippen molar-refractivity contribution in [3.05, 3.63) is 24.3 Å². The molecule has 0 amide bonds. The summed E-state index contributed by atoms with van der Waals surface area (Å²) in [7, 11) is 4.34. The van der Waals surface area contributed by atoms with Crippen LogP contribution in [0.5, 0.6) is 0 Å². The number of hydrogen-bond acceptors (Lipinski definition) is 3. The van der Waals surface area contributed by atoms with Crippen molar-refractivity contribution in [3.63, 3.8) is 0 Å². The average Bonchev–Trinajstić information content (AvgIpc) is 2.82. The van der Waals surface area contributed by atoms with E-state index in [0.717, 1.165) is 17.0 Å². The molecule has 1 fully saturated rings. The van der Waals surface area contributed by atoms with Gasteiger partial charge in [0.25, 0.3) is 0 Å². The standard InChI is InChI=1S/C14H20N4/c1-17-9-7-11(8-10-17)18(2)14-15-12-5-3-4-6-13(12)16-14/h3-6,11H,7-10H2,1-2H3,(H,15,16). The predicted octanol–water partition coefficient (Wildman–Crippen LogP) is 2.09. The van der Waals surface area contributed by atoms with E-state index in [1.807, 2.05) is 12.1 Å². The van der Waals surface area contributed by atoms with Gasteiger partial charge in [-0.15, -0.1) is 0 Å². The molecule has 0 aliphatic carbocycles. The molecule has 0 spiro atoms. The molecular weight excluding hydrogens is 224 g/mol. The number of likely N-dealkylation sites (tertiary alicyclic amines) is 1. The summed E-state index contributed by atoms with van der Waals surface area (Å²) in [4.78, 5) is 12.8. The first-order valence-corrected chi connectivity index (χ1v) is 6.60. The Labute approximate surface area is 108 Å². The van der Waals surface area contributed by atoms with E-state index in [9.17, 15) is 0 Å². The Morgan fingerprint density at radius 1 is 1.28 bits per heavy atom. The van der Waals surface area contributed by atoms with Gasteiger partial charge >= 0.3 is 0 Å². The summed E-state index contributed by atoms with van der Waals surface area (Å²) in [5.41, 5.74) is 2.17. The summed E-state index contributed by atoms with van der Waals surface area (Å²) in [6.07, 6.45) is 2.42. The van der Waals surface area contributed by atoms with Crippen molar-refractivity contribution in [1.82, 2.24) is 14.9 Å². The second kappa shape index (κ2) is 4.61. The summed E-state index contributed by atoms with van der Waals surface area (Å²) in [6, 6.07) is 8.80. The maximum Gasteiger partial charge on any atom is 0.203 e. The number of rotatable bonds is 2. The minimum atomic E-state index is 0.599. The minimum absolute atomic E-state index is 0.599. The smallest absolute Gasteiger partial charge is 0.203 e. The van der Waals surface area contributed by atoms with Crippen LogP contribution >= 0.6 is 0 Å². The fourth-order valence-electron chi connectivity index (χ4n) is 2.66. The molecule has 18 heavy (non-hydrogen) atoms. The summed E-state index contributed by atoms with van der Waals surface area (Å²) >= 11 is 0. The lowest BCUT2D eigenvalue weighted by Gasteiger charge is -2.34. The topological polar surface area (TPSA) is 35.2 Å². The average molecular weight is 244 g/mol. The first-order valence-electron chi connectivity index (χ1n) is 6.60. The Hall–Kier alpha value is -1.55. The van der Waals surface area contributed by atoms with E-state index >= 15 is 0 Å². The molecule has 0 saturated carbocycles. The number of nitrogens with zero attached hydrogens (tertiary/aromatic N) is 3. The molecule has 1 aliphatic heterocycles. The van der Waals surface area contributed by atoms with Crippen molar-refractivity contribution in [1.29, 1.82) is 0 Å². The van der Waals surface area contributed by atoms with Gasteiger partial charge in [0.15, 0.2) is 0 Å². The molecular formula is C14H20N4. The highest BCUT2D eigenvalue weighted by molar-refractivity contribution is 5.77. The molecule has 0 bridgehead atoms. The fraction of sp³-hybridized carbons (Fsp3) is 0.500. The van der Waals surface area contributed by atoms with E-state index in [1.165, 1.54) is 25.9 Å². The maximum absolute atomic E-state index is 4.66. The van der Waals surface area contributed by atoms with Crippen LogP contribution in [0.2, 0.25) is 0 Å². The van der Waals surface area contributed by atoms with Crippen LogP contribution in [0.4, 0.5) is 5.95 Å². The number of H-pyrrole nitrogens is 1. The lowest BCUT2D eigenvalue weighted by atomic mass is 10.0. The molecule has 0 radical (unpaired) electrons. The third kappa shape index (κ3) is 2.08. The zero-order valence-corrected chi connectivity index (χ0v) is 11.1. The first-order chi connectivity index (χ1) is 8.74. The van der Waals surface area contributed by atoms with Crippen molar-refractivity contribution in [2.45, 2.75) is 18.9 Å². The van der Waals surface area contributed by atoms with Gasteiger partial charge in [0, 0.05) is 13.1 Å². The zero-order valence-electron chi connectivity index (χ0n) is 11.1. The van der Waals surface area contributed by atoms with E-state index in [4.69, 9.17) is 0 Å². The quantitative estimate of drug-likeness (QED) is 0.878. The minimum Gasteiger partial charge on any atom is -0.342 e. The van der Waals surface area contributed by atoms with Gasteiger partial charge in [-0.05, 0) is 45.1 Å². The summed E-state index contributed by atoms with van der Waals surface area (Å²) in [6.45, 7) is 2.35. The number of para-hydroxylation sites is 2. The summed E-state index contributed by atoms with van der Waals surface area (Å²) in [5, 5.41) is 0. The number of aromatic amines is 1. The lowest BCUT2D eigenvalue weighted by molar-refractivity contribution is 0.252.